The largest absolute Gasteiger partial charge is 0.435 e. The van der Waals surface area contributed by atoms with E-state index in [1.54, 1.807) is 6.07 Å². The van der Waals surface area contributed by atoms with Crippen LogP contribution in [0.5, 0.6) is 0 Å². The number of oxime groups is 1. The Kier molecular flexibility index (Phi) is 8.07. The van der Waals surface area contributed by atoms with Crippen molar-refractivity contribution in [3.8, 4) is 0 Å². The number of alkyl halides is 6. The predicted molar refractivity (Wildman–Crippen MR) is 131 cm³/mol. The van der Waals surface area contributed by atoms with Crippen molar-refractivity contribution >= 4 is 23.5 Å². The van der Waals surface area contributed by atoms with Gasteiger partial charge in [-0.05, 0) is 24.0 Å². The molecule has 0 spiro atoms. The molecule has 1 fully saturated rings. The molecular weight excluding hydrogens is 580 g/mol. The fraction of sp³-hybridized carbons (Fsp3) is 0.440. The van der Waals surface area contributed by atoms with Crippen LogP contribution in [0.4, 0.5) is 26.3 Å². The van der Waals surface area contributed by atoms with Crippen LogP contribution in [0.25, 0.3) is 0 Å². The number of thiazole rings is 1. The Morgan fingerprint density at radius 2 is 1.85 bits per heavy atom. The van der Waals surface area contributed by atoms with Crippen LogP contribution in [0.1, 0.15) is 63.8 Å². The summed E-state index contributed by atoms with van der Waals surface area (Å²) in [5.74, 6) is -0.781. The lowest BCUT2D eigenvalue weighted by Crippen LogP contribution is -2.40. The van der Waals surface area contributed by atoms with Crippen LogP contribution in [-0.4, -0.2) is 50.1 Å². The minimum absolute atomic E-state index is 0.0274. The maximum absolute atomic E-state index is 13.3. The summed E-state index contributed by atoms with van der Waals surface area (Å²) >= 11 is 1.40. The van der Waals surface area contributed by atoms with E-state index in [0.717, 1.165) is 16.1 Å². The van der Waals surface area contributed by atoms with E-state index >= 15 is 0 Å². The monoisotopic (exact) mass is 603 g/mol. The number of carbonyl (C=O) groups is 1. The number of amides is 1. The summed E-state index contributed by atoms with van der Waals surface area (Å²) in [6.45, 7) is -0.0760. The number of aromatic nitrogens is 3. The molecule has 1 N–H and O–H groups in total. The number of ether oxygens (including phenoxy) is 2. The standard InChI is InChI=1S/C25H23F6N5O4S/c26-24(27,28)19-8-20(25(29,30)31)36(34-19)10-21(37)35-6-4-14(5-7-35)22-33-18(13-41-22)23-39-11-16-3-1-2-15(9-32-38)17(16)12-40-23/h1-3,8-9,13-14,23,38H,4-7,10-12H2/b32-9-. The van der Waals surface area contributed by atoms with Crippen LogP contribution >= 0.6 is 11.3 Å². The molecule has 1 aromatic carbocycles. The van der Waals surface area contributed by atoms with Gasteiger partial charge in [0.05, 0.1) is 24.4 Å². The number of carbonyl (C=O) groups excluding carboxylic acids is 1. The molecule has 5 rings (SSSR count). The number of hydrogen-bond donors (Lipinski definition) is 1. The number of likely N-dealkylation sites (tertiary alicyclic amines) is 1. The van der Waals surface area contributed by atoms with Crippen molar-refractivity contribution in [2.75, 3.05) is 13.1 Å². The van der Waals surface area contributed by atoms with Gasteiger partial charge in [-0.2, -0.15) is 31.4 Å². The number of rotatable bonds is 5. The fourth-order valence-corrected chi connectivity index (χ4v) is 5.79. The third-order valence-electron chi connectivity index (χ3n) is 6.90. The zero-order chi connectivity index (χ0) is 29.4. The summed E-state index contributed by atoms with van der Waals surface area (Å²) in [5, 5.41) is 17.6. The van der Waals surface area contributed by atoms with Gasteiger partial charge in [0, 0.05) is 36.0 Å². The Hall–Kier alpha value is -3.50. The molecule has 0 aliphatic carbocycles. The van der Waals surface area contributed by atoms with E-state index in [0.29, 0.717) is 24.1 Å². The first kappa shape index (κ1) is 29.0. The van der Waals surface area contributed by atoms with Gasteiger partial charge in [-0.3, -0.25) is 9.48 Å². The average molecular weight is 604 g/mol. The van der Waals surface area contributed by atoms with E-state index in [2.05, 4.69) is 15.2 Å². The first-order valence-electron chi connectivity index (χ1n) is 12.4. The second-order valence-electron chi connectivity index (χ2n) is 9.52. The Balaban J connectivity index is 1.19. The summed E-state index contributed by atoms with van der Waals surface area (Å²) < 4.78 is 90.5. The Labute approximate surface area is 233 Å². The Morgan fingerprint density at radius 1 is 1.12 bits per heavy atom. The number of piperidine rings is 1. The molecule has 1 atom stereocenters. The van der Waals surface area contributed by atoms with Gasteiger partial charge in [-0.15, -0.1) is 11.3 Å². The first-order chi connectivity index (χ1) is 19.4. The van der Waals surface area contributed by atoms with Crippen LogP contribution in [0, 0.1) is 0 Å². The highest BCUT2D eigenvalue weighted by Gasteiger charge is 2.42. The number of benzene rings is 1. The summed E-state index contributed by atoms with van der Waals surface area (Å²) in [5.41, 5.74) is -0.324. The summed E-state index contributed by atoms with van der Waals surface area (Å²) in [4.78, 5) is 18.7. The SMILES string of the molecule is O=C(Cn1nc(C(F)(F)F)cc1C(F)(F)F)N1CCC(c2nc(C3OCc4cccc(/C=N\O)c4CO3)cs2)CC1. The molecule has 4 heterocycles. The minimum atomic E-state index is -5.10. The zero-order valence-electron chi connectivity index (χ0n) is 21.2. The molecule has 0 bridgehead atoms. The maximum Gasteiger partial charge on any atom is 0.435 e. The third kappa shape index (κ3) is 6.38. The van der Waals surface area contributed by atoms with Gasteiger partial charge in [-0.25, -0.2) is 4.98 Å². The van der Waals surface area contributed by atoms with Crippen molar-refractivity contribution in [1.29, 1.82) is 0 Å². The van der Waals surface area contributed by atoms with Gasteiger partial charge < -0.3 is 19.6 Å². The van der Waals surface area contributed by atoms with Gasteiger partial charge in [0.15, 0.2) is 5.69 Å². The topological polar surface area (TPSA) is 102 Å². The minimum Gasteiger partial charge on any atom is -0.411 e. The van der Waals surface area contributed by atoms with E-state index in [-0.39, 0.29) is 43.0 Å². The second-order valence-corrected chi connectivity index (χ2v) is 10.4. The van der Waals surface area contributed by atoms with Gasteiger partial charge in [0.2, 0.25) is 12.2 Å². The molecule has 3 aromatic rings. The quantitative estimate of drug-likeness (QED) is 0.183. The zero-order valence-corrected chi connectivity index (χ0v) is 22.0. The molecule has 1 saturated heterocycles. The van der Waals surface area contributed by atoms with E-state index < -0.39 is 42.5 Å². The molecule has 16 heteroatoms. The van der Waals surface area contributed by atoms with Crippen molar-refractivity contribution in [2.45, 2.75) is 57.2 Å². The van der Waals surface area contributed by atoms with Crippen LogP contribution in [0.15, 0.2) is 34.8 Å². The first-order valence-corrected chi connectivity index (χ1v) is 13.3. The molecule has 2 aliphatic heterocycles. The van der Waals surface area contributed by atoms with Crippen LogP contribution < -0.4 is 0 Å². The lowest BCUT2D eigenvalue weighted by molar-refractivity contribution is -0.155. The molecule has 220 valence electrons. The van der Waals surface area contributed by atoms with Crippen molar-refractivity contribution in [3.63, 3.8) is 0 Å². The van der Waals surface area contributed by atoms with Gasteiger partial charge >= 0.3 is 12.4 Å². The molecule has 0 radical (unpaired) electrons. The van der Waals surface area contributed by atoms with Gasteiger partial charge in [0.1, 0.15) is 17.9 Å². The Morgan fingerprint density at radius 3 is 2.54 bits per heavy atom. The predicted octanol–water partition coefficient (Wildman–Crippen LogP) is 5.34. The number of fused-ring (bicyclic) bond motifs is 1. The highest BCUT2D eigenvalue weighted by Crippen LogP contribution is 2.37. The fourth-order valence-electron chi connectivity index (χ4n) is 4.80. The van der Waals surface area contributed by atoms with Crippen molar-refractivity contribution in [3.05, 3.63) is 68.4 Å². The van der Waals surface area contributed by atoms with Crippen LogP contribution in [-0.2, 0) is 46.4 Å². The molecule has 2 aromatic heterocycles. The molecule has 1 amide bonds. The molecular formula is C25H23F6N5O4S. The van der Waals surface area contributed by atoms with Crippen molar-refractivity contribution < 1.29 is 45.8 Å². The molecule has 41 heavy (non-hydrogen) atoms. The third-order valence-corrected chi connectivity index (χ3v) is 7.92. The smallest absolute Gasteiger partial charge is 0.411 e. The second kappa shape index (κ2) is 11.4. The van der Waals surface area contributed by atoms with E-state index in [1.807, 2.05) is 17.5 Å². The number of hydrogen-bond acceptors (Lipinski definition) is 8. The normalized spacial score (nSPS) is 19.0. The highest BCUT2D eigenvalue weighted by atomic mass is 32.1. The summed E-state index contributed by atoms with van der Waals surface area (Å²) in [6, 6.07) is 5.41. The highest BCUT2D eigenvalue weighted by molar-refractivity contribution is 7.09. The molecule has 0 saturated carbocycles. The lowest BCUT2D eigenvalue weighted by atomic mass is 9.97. The average Bonchev–Trinajstić information content (AvgIpc) is 3.53. The maximum atomic E-state index is 13.3. The number of halogens is 6. The van der Waals surface area contributed by atoms with E-state index in [9.17, 15) is 31.1 Å². The molecule has 9 nitrogen and oxygen atoms in total. The molecule has 2 aliphatic rings. The van der Waals surface area contributed by atoms with Crippen LogP contribution in [0.2, 0.25) is 0 Å². The summed E-state index contributed by atoms with van der Waals surface area (Å²) in [6.07, 6.45) is -8.64. The van der Waals surface area contributed by atoms with Gasteiger partial charge in [-0.1, -0.05) is 23.4 Å². The van der Waals surface area contributed by atoms with Crippen molar-refractivity contribution in [1.82, 2.24) is 19.7 Å². The Bertz CT molecular complexity index is 1430. The lowest BCUT2D eigenvalue weighted by Gasteiger charge is -2.31. The number of nitrogens with zero attached hydrogens (tertiary/aromatic N) is 5. The van der Waals surface area contributed by atoms with Crippen molar-refractivity contribution in [2.24, 2.45) is 5.16 Å². The van der Waals surface area contributed by atoms with E-state index in [4.69, 9.17) is 14.7 Å². The van der Waals surface area contributed by atoms with Gasteiger partial charge in [0.25, 0.3) is 0 Å². The van der Waals surface area contributed by atoms with Crippen LogP contribution in [0.3, 0.4) is 0 Å². The molecule has 1 unspecified atom stereocenters. The summed E-state index contributed by atoms with van der Waals surface area (Å²) in [7, 11) is 0. The van der Waals surface area contributed by atoms with E-state index in [1.165, 1.54) is 22.5 Å².